The standard InChI is InChI=1S/C22H28F3NO3/c1-16-4-6-17(7-5-16)3-2-12-29-20-9-8-18(13-19(20)22(23,24)25)10-11-21(26,14-27)15-28/h4-9,13,27-28H,2-3,10-12,14-15,26H2,1H3. The summed E-state index contributed by atoms with van der Waals surface area (Å²) in [5, 5.41) is 18.4. The molecule has 0 radical (unpaired) electrons. The van der Waals surface area contributed by atoms with Crippen LogP contribution in [0, 0.1) is 6.92 Å². The van der Waals surface area contributed by atoms with Crippen LogP contribution >= 0.6 is 0 Å². The van der Waals surface area contributed by atoms with Crippen LogP contribution in [0.25, 0.3) is 0 Å². The van der Waals surface area contributed by atoms with Gasteiger partial charge in [-0.05, 0) is 55.9 Å². The van der Waals surface area contributed by atoms with Gasteiger partial charge in [0.25, 0.3) is 0 Å². The summed E-state index contributed by atoms with van der Waals surface area (Å²) in [5.41, 5.74) is 6.43. The molecule has 0 aliphatic heterocycles. The van der Waals surface area contributed by atoms with Gasteiger partial charge in [0.1, 0.15) is 5.75 Å². The van der Waals surface area contributed by atoms with E-state index in [2.05, 4.69) is 0 Å². The van der Waals surface area contributed by atoms with Crippen molar-refractivity contribution in [3.8, 4) is 5.75 Å². The SMILES string of the molecule is Cc1ccc(CCCOc2ccc(CCC(N)(CO)CO)cc2C(F)(F)F)cc1. The van der Waals surface area contributed by atoms with Gasteiger partial charge in [-0.2, -0.15) is 13.2 Å². The molecule has 0 spiro atoms. The lowest BCUT2D eigenvalue weighted by Crippen LogP contribution is -2.47. The van der Waals surface area contributed by atoms with Gasteiger partial charge < -0.3 is 20.7 Å². The van der Waals surface area contributed by atoms with Crippen molar-refractivity contribution in [2.45, 2.75) is 44.3 Å². The number of aliphatic hydroxyl groups excluding tert-OH is 2. The third kappa shape index (κ3) is 7.03. The summed E-state index contributed by atoms with van der Waals surface area (Å²) in [6, 6.07) is 11.9. The Morgan fingerprint density at radius 1 is 0.931 bits per heavy atom. The lowest BCUT2D eigenvalue weighted by atomic mass is 9.93. The van der Waals surface area contributed by atoms with Crippen molar-refractivity contribution in [1.82, 2.24) is 0 Å². The largest absolute Gasteiger partial charge is 0.493 e. The summed E-state index contributed by atoms with van der Waals surface area (Å²) in [6.45, 7) is 1.28. The van der Waals surface area contributed by atoms with Gasteiger partial charge in [-0.25, -0.2) is 0 Å². The van der Waals surface area contributed by atoms with Gasteiger partial charge in [0.15, 0.2) is 0 Å². The minimum Gasteiger partial charge on any atom is -0.493 e. The molecule has 2 aromatic rings. The number of nitrogens with two attached hydrogens (primary N) is 1. The van der Waals surface area contributed by atoms with Gasteiger partial charge in [0.2, 0.25) is 0 Å². The molecule has 0 aliphatic rings. The van der Waals surface area contributed by atoms with Crippen molar-refractivity contribution in [2.75, 3.05) is 19.8 Å². The zero-order valence-corrected chi connectivity index (χ0v) is 16.5. The van der Waals surface area contributed by atoms with E-state index < -0.39 is 30.5 Å². The first-order valence-corrected chi connectivity index (χ1v) is 9.56. The highest BCUT2D eigenvalue weighted by Gasteiger charge is 2.35. The first kappa shape index (κ1) is 23.2. The molecule has 2 rings (SSSR count). The maximum atomic E-state index is 13.5. The Morgan fingerprint density at radius 3 is 2.14 bits per heavy atom. The third-order valence-electron chi connectivity index (χ3n) is 4.88. The minimum atomic E-state index is -4.55. The molecule has 7 heteroatoms. The van der Waals surface area contributed by atoms with Crippen molar-refractivity contribution >= 4 is 0 Å². The van der Waals surface area contributed by atoms with E-state index in [0.29, 0.717) is 12.0 Å². The predicted octanol–water partition coefficient (Wildman–Crippen LogP) is 3.64. The van der Waals surface area contributed by atoms with Crippen LogP contribution in [0.1, 0.15) is 35.1 Å². The number of aliphatic hydroxyl groups is 2. The molecule has 0 atom stereocenters. The van der Waals surface area contributed by atoms with Crippen molar-refractivity contribution in [2.24, 2.45) is 5.73 Å². The number of aryl methyl sites for hydroxylation is 3. The molecule has 0 aromatic heterocycles. The molecule has 4 nitrogen and oxygen atoms in total. The van der Waals surface area contributed by atoms with E-state index in [0.717, 1.165) is 23.6 Å². The van der Waals surface area contributed by atoms with E-state index in [1.54, 1.807) is 6.07 Å². The minimum absolute atomic E-state index is 0.161. The molecule has 0 bridgehead atoms. The Labute approximate surface area is 169 Å². The molecule has 2 aromatic carbocycles. The topological polar surface area (TPSA) is 75.7 Å². The van der Waals surface area contributed by atoms with Crippen molar-refractivity contribution < 1.29 is 28.1 Å². The van der Waals surface area contributed by atoms with Crippen LogP contribution in [-0.2, 0) is 19.0 Å². The van der Waals surface area contributed by atoms with Gasteiger partial charge in [-0.3, -0.25) is 0 Å². The van der Waals surface area contributed by atoms with Gasteiger partial charge in [0, 0.05) is 0 Å². The Balaban J connectivity index is 2.00. The summed E-state index contributed by atoms with van der Waals surface area (Å²) in [6.07, 6.45) is -2.86. The second kappa shape index (κ2) is 10.1. The van der Waals surface area contributed by atoms with Crippen LogP contribution in [0.5, 0.6) is 5.75 Å². The van der Waals surface area contributed by atoms with Crippen molar-refractivity contribution in [3.63, 3.8) is 0 Å². The average molecular weight is 411 g/mol. The zero-order valence-electron chi connectivity index (χ0n) is 16.5. The maximum absolute atomic E-state index is 13.5. The molecule has 0 unspecified atom stereocenters. The Bertz CT molecular complexity index is 772. The maximum Gasteiger partial charge on any atom is 0.419 e. The first-order valence-electron chi connectivity index (χ1n) is 9.56. The van der Waals surface area contributed by atoms with E-state index in [1.807, 2.05) is 31.2 Å². The van der Waals surface area contributed by atoms with Crippen molar-refractivity contribution in [1.29, 1.82) is 0 Å². The average Bonchev–Trinajstić information content (AvgIpc) is 2.70. The highest BCUT2D eigenvalue weighted by Crippen LogP contribution is 2.37. The van der Waals surface area contributed by atoms with Crippen LogP contribution < -0.4 is 10.5 Å². The summed E-state index contributed by atoms with van der Waals surface area (Å²) in [4.78, 5) is 0. The number of hydrogen-bond acceptors (Lipinski definition) is 4. The molecule has 0 heterocycles. The lowest BCUT2D eigenvalue weighted by Gasteiger charge is -2.24. The van der Waals surface area contributed by atoms with Crippen LogP contribution in [0.2, 0.25) is 0 Å². The number of hydrogen-bond donors (Lipinski definition) is 3. The quantitative estimate of drug-likeness (QED) is 0.522. The fourth-order valence-corrected chi connectivity index (χ4v) is 2.89. The fraction of sp³-hybridized carbons (Fsp3) is 0.455. The summed E-state index contributed by atoms with van der Waals surface area (Å²) >= 11 is 0. The van der Waals surface area contributed by atoms with Gasteiger partial charge >= 0.3 is 6.18 Å². The summed E-state index contributed by atoms with van der Waals surface area (Å²) in [5.74, 6) is -0.200. The number of rotatable bonds is 10. The third-order valence-corrected chi connectivity index (χ3v) is 4.88. The fourth-order valence-electron chi connectivity index (χ4n) is 2.89. The number of alkyl halides is 3. The van der Waals surface area contributed by atoms with E-state index in [-0.39, 0.29) is 25.2 Å². The predicted molar refractivity (Wildman–Crippen MR) is 106 cm³/mol. The Morgan fingerprint density at radius 2 is 1.55 bits per heavy atom. The molecule has 0 fully saturated rings. The Hall–Kier alpha value is -2.09. The van der Waals surface area contributed by atoms with Crippen LogP contribution in [0.15, 0.2) is 42.5 Å². The lowest BCUT2D eigenvalue weighted by molar-refractivity contribution is -0.139. The molecular weight excluding hydrogens is 383 g/mol. The molecule has 0 saturated carbocycles. The van der Waals surface area contributed by atoms with Gasteiger partial charge in [-0.1, -0.05) is 35.9 Å². The van der Waals surface area contributed by atoms with E-state index in [1.165, 1.54) is 6.07 Å². The van der Waals surface area contributed by atoms with Crippen LogP contribution in [0.4, 0.5) is 13.2 Å². The van der Waals surface area contributed by atoms with Crippen LogP contribution in [-0.4, -0.2) is 35.6 Å². The molecular formula is C22H28F3NO3. The smallest absolute Gasteiger partial charge is 0.419 e. The highest BCUT2D eigenvalue weighted by molar-refractivity contribution is 5.39. The number of halogens is 3. The molecule has 160 valence electrons. The van der Waals surface area contributed by atoms with Crippen molar-refractivity contribution in [3.05, 3.63) is 64.7 Å². The number of benzene rings is 2. The normalized spacial score (nSPS) is 12.2. The molecule has 0 aliphatic carbocycles. The summed E-state index contributed by atoms with van der Waals surface area (Å²) in [7, 11) is 0. The van der Waals surface area contributed by atoms with Gasteiger partial charge in [0.05, 0.1) is 30.9 Å². The molecule has 29 heavy (non-hydrogen) atoms. The first-order chi connectivity index (χ1) is 13.7. The Kier molecular flexibility index (Phi) is 8.07. The molecule has 4 N–H and O–H groups in total. The second-order valence-corrected chi connectivity index (χ2v) is 7.44. The highest BCUT2D eigenvalue weighted by atomic mass is 19.4. The number of ether oxygens (including phenoxy) is 1. The monoisotopic (exact) mass is 411 g/mol. The zero-order chi connectivity index (χ0) is 21.5. The van der Waals surface area contributed by atoms with E-state index in [4.69, 9.17) is 10.5 Å². The summed E-state index contributed by atoms with van der Waals surface area (Å²) < 4.78 is 45.8. The second-order valence-electron chi connectivity index (χ2n) is 7.44. The van der Waals surface area contributed by atoms with Crippen LogP contribution in [0.3, 0.4) is 0 Å². The van der Waals surface area contributed by atoms with E-state index >= 15 is 0 Å². The molecule has 0 amide bonds. The van der Waals surface area contributed by atoms with E-state index in [9.17, 15) is 23.4 Å². The van der Waals surface area contributed by atoms with Gasteiger partial charge in [-0.15, -0.1) is 0 Å². The molecule has 0 saturated heterocycles.